The SMILES string of the molecule is c1cnn(-c2ccc3c(c2)OCc2cc(N[C@H]4C[C@H]5CC[C@@H](C4)N5)ccc2-3)c1. The number of hydrogen-bond donors (Lipinski definition) is 2. The lowest BCUT2D eigenvalue weighted by Gasteiger charge is -2.31. The molecule has 3 atom stereocenters. The number of nitrogens with zero attached hydrogens (tertiary/aromatic N) is 2. The molecule has 6 rings (SSSR count). The van der Waals surface area contributed by atoms with Gasteiger partial charge in [0.15, 0.2) is 0 Å². The van der Waals surface area contributed by atoms with Gasteiger partial charge in [0.25, 0.3) is 0 Å². The third-order valence-electron chi connectivity index (χ3n) is 6.36. The Morgan fingerprint density at radius 3 is 2.71 bits per heavy atom. The standard InChI is InChI=1S/C23H24N4O/c1-8-24-27(9-1)20-5-7-22-21-6-4-16(10-15(21)14-28-23(22)13-20)26-19-11-17-2-3-18(12-19)25-17/h1,4-10,13,17-19,25-26H,2-3,11-12,14H2/t17-,18+,19+. The van der Waals surface area contributed by atoms with Crippen LogP contribution in [0.2, 0.25) is 0 Å². The summed E-state index contributed by atoms with van der Waals surface area (Å²) in [4.78, 5) is 0. The highest BCUT2D eigenvalue weighted by Gasteiger charge is 2.33. The first kappa shape index (κ1) is 16.2. The minimum absolute atomic E-state index is 0.574. The zero-order valence-electron chi connectivity index (χ0n) is 15.8. The van der Waals surface area contributed by atoms with E-state index in [4.69, 9.17) is 4.74 Å². The van der Waals surface area contributed by atoms with Crippen molar-refractivity contribution in [2.45, 2.75) is 50.4 Å². The minimum Gasteiger partial charge on any atom is -0.488 e. The number of benzene rings is 2. The highest BCUT2D eigenvalue weighted by Crippen LogP contribution is 2.40. The van der Waals surface area contributed by atoms with E-state index in [1.54, 1.807) is 6.20 Å². The number of fused-ring (bicyclic) bond motifs is 5. The molecule has 5 heteroatoms. The number of aromatic nitrogens is 2. The van der Waals surface area contributed by atoms with Gasteiger partial charge >= 0.3 is 0 Å². The Kier molecular flexibility index (Phi) is 3.69. The number of anilines is 1. The molecule has 3 aromatic rings. The Morgan fingerprint density at radius 1 is 1.04 bits per heavy atom. The fourth-order valence-electron chi connectivity index (χ4n) is 5.05. The second kappa shape index (κ2) is 6.38. The number of nitrogens with one attached hydrogen (secondary N) is 2. The molecule has 0 unspecified atom stereocenters. The normalized spacial score (nSPS) is 24.9. The molecule has 4 heterocycles. The largest absolute Gasteiger partial charge is 0.488 e. The Hall–Kier alpha value is -2.79. The summed E-state index contributed by atoms with van der Waals surface area (Å²) in [6, 6.07) is 16.9. The fraction of sp³-hybridized carbons (Fsp3) is 0.348. The van der Waals surface area contributed by atoms with E-state index in [1.165, 1.54) is 42.5 Å². The van der Waals surface area contributed by atoms with Crippen molar-refractivity contribution in [3.63, 3.8) is 0 Å². The van der Waals surface area contributed by atoms with E-state index in [2.05, 4.69) is 52.1 Å². The van der Waals surface area contributed by atoms with Gasteiger partial charge < -0.3 is 15.4 Å². The van der Waals surface area contributed by atoms with Gasteiger partial charge in [-0.25, -0.2) is 4.68 Å². The predicted molar refractivity (Wildman–Crippen MR) is 110 cm³/mol. The van der Waals surface area contributed by atoms with Crippen LogP contribution < -0.4 is 15.4 Å². The maximum absolute atomic E-state index is 6.10. The van der Waals surface area contributed by atoms with Gasteiger partial charge in [0.1, 0.15) is 12.4 Å². The molecular weight excluding hydrogens is 348 g/mol. The lowest BCUT2D eigenvalue weighted by atomic mass is 9.95. The van der Waals surface area contributed by atoms with Crippen LogP contribution in [0.5, 0.6) is 5.75 Å². The molecule has 2 aromatic carbocycles. The smallest absolute Gasteiger partial charge is 0.129 e. The van der Waals surface area contributed by atoms with E-state index >= 15 is 0 Å². The van der Waals surface area contributed by atoms with Crippen molar-refractivity contribution in [2.75, 3.05) is 5.32 Å². The van der Waals surface area contributed by atoms with Crippen molar-refractivity contribution >= 4 is 5.69 Å². The second-order valence-electron chi connectivity index (χ2n) is 8.24. The van der Waals surface area contributed by atoms with Crippen molar-refractivity contribution in [3.05, 3.63) is 60.4 Å². The van der Waals surface area contributed by atoms with Gasteiger partial charge in [0.2, 0.25) is 0 Å². The summed E-state index contributed by atoms with van der Waals surface area (Å²) in [6.07, 6.45) is 8.85. The van der Waals surface area contributed by atoms with Gasteiger partial charge in [-0.05, 0) is 67.1 Å². The number of ether oxygens (including phenoxy) is 1. The van der Waals surface area contributed by atoms with Crippen LogP contribution in [0.4, 0.5) is 5.69 Å². The van der Waals surface area contributed by atoms with Crippen molar-refractivity contribution in [3.8, 4) is 22.6 Å². The quantitative estimate of drug-likeness (QED) is 0.726. The average Bonchev–Trinajstić information content (AvgIpc) is 3.37. The first-order valence-electron chi connectivity index (χ1n) is 10.2. The van der Waals surface area contributed by atoms with Gasteiger partial charge in [-0.3, -0.25) is 0 Å². The molecular formula is C23H24N4O. The molecule has 1 aromatic heterocycles. The van der Waals surface area contributed by atoms with Crippen LogP contribution in [0.25, 0.3) is 16.8 Å². The lowest BCUT2D eigenvalue weighted by molar-refractivity contribution is 0.302. The zero-order chi connectivity index (χ0) is 18.5. The molecule has 2 bridgehead atoms. The molecule has 3 aliphatic rings. The molecule has 0 radical (unpaired) electrons. The van der Waals surface area contributed by atoms with Crippen LogP contribution in [0, 0.1) is 0 Å². The van der Waals surface area contributed by atoms with Crippen LogP contribution in [-0.4, -0.2) is 27.9 Å². The van der Waals surface area contributed by atoms with Crippen LogP contribution in [0.3, 0.4) is 0 Å². The Balaban J connectivity index is 1.26. The lowest BCUT2D eigenvalue weighted by Crippen LogP contribution is -2.43. The van der Waals surface area contributed by atoms with Gasteiger partial charge in [-0.15, -0.1) is 0 Å². The summed E-state index contributed by atoms with van der Waals surface area (Å²) in [5.74, 6) is 0.927. The van der Waals surface area contributed by atoms with Crippen molar-refractivity contribution in [2.24, 2.45) is 0 Å². The molecule has 142 valence electrons. The summed E-state index contributed by atoms with van der Waals surface area (Å²) in [5.41, 5.74) is 5.91. The molecule has 2 N–H and O–H groups in total. The van der Waals surface area contributed by atoms with Gasteiger partial charge in [0.05, 0.1) is 5.69 Å². The van der Waals surface area contributed by atoms with Crippen LogP contribution in [-0.2, 0) is 6.61 Å². The molecule has 0 amide bonds. The first-order chi connectivity index (χ1) is 13.8. The highest BCUT2D eigenvalue weighted by atomic mass is 16.5. The summed E-state index contributed by atoms with van der Waals surface area (Å²) >= 11 is 0. The molecule has 2 saturated heterocycles. The topological polar surface area (TPSA) is 51.1 Å². The maximum Gasteiger partial charge on any atom is 0.129 e. The van der Waals surface area contributed by atoms with Gasteiger partial charge in [0, 0.05) is 47.8 Å². The molecule has 5 nitrogen and oxygen atoms in total. The maximum atomic E-state index is 6.10. The number of piperidine rings is 1. The van der Waals surface area contributed by atoms with E-state index in [9.17, 15) is 0 Å². The monoisotopic (exact) mass is 372 g/mol. The van der Waals surface area contributed by atoms with E-state index < -0.39 is 0 Å². The molecule has 3 aliphatic heterocycles. The summed E-state index contributed by atoms with van der Waals surface area (Å²) < 4.78 is 7.96. The molecule has 0 spiro atoms. The Morgan fingerprint density at radius 2 is 1.89 bits per heavy atom. The summed E-state index contributed by atoms with van der Waals surface area (Å²) in [6.45, 7) is 0.609. The third kappa shape index (κ3) is 2.78. The number of hydrogen-bond acceptors (Lipinski definition) is 4. The molecule has 0 saturated carbocycles. The van der Waals surface area contributed by atoms with Gasteiger partial charge in [-0.2, -0.15) is 5.10 Å². The van der Waals surface area contributed by atoms with E-state index in [0.717, 1.165) is 17.0 Å². The van der Waals surface area contributed by atoms with E-state index in [-0.39, 0.29) is 0 Å². The van der Waals surface area contributed by atoms with Crippen LogP contribution >= 0.6 is 0 Å². The van der Waals surface area contributed by atoms with Crippen LogP contribution in [0.15, 0.2) is 54.9 Å². The fourth-order valence-corrected chi connectivity index (χ4v) is 5.05. The zero-order valence-corrected chi connectivity index (χ0v) is 15.8. The Bertz CT molecular complexity index is 1000. The number of rotatable bonds is 3. The summed E-state index contributed by atoms with van der Waals surface area (Å²) in [5, 5.41) is 11.8. The van der Waals surface area contributed by atoms with E-state index in [1.807, 2.05) is 16.9 Å². The van der Waals surface area contributed by atoms with Crippen molar-refractivity contribution < 1.29 is 4.74 Å². The van der Waals surface area contributed by atoms with Crippen LogP contribution in [0.1, 0.15) is 31.2 Å². The van der Waals surface area contributed by atoms with Crippen molar-refractivity contribution in [1.29, 1.82) is 0 Å². The van der Waals surface area contributed by atoms with E-state index in [0.29, 0.717) is 24.7 Å². The minimum atomic E-state index is 0.574. The van der Waals surface area contributed by atoms with Gasteiger partial charge in [-0.1, -0.05) is 6.07 Å². The van der Waals surface area contributed by atoms with Crippen molar-refractivity contribution in [1.82, 2.24) is 15.1 Å². The molecule has 28 heavy (non-hydrogen) atoms. The molecule has 2 fully saturated rings. The second-order valence-corrected chi connectivity index (χ2v) is 8.24. The third-order valence-corrected chi connectivity index (χ3v) is 6.36. The Labute approximate surface area is 164 Å². The predicted octanol–water partition coefficient (Wildman–Crippen LogP) is 4.13. The first-order valence-corrected chi connectivity index (χ1v) is 10.2. The summed E-state index contributed by atoms with van der Waals surface area (Å²) in [7, 11) is 0. The molecule has 0 aliphatic carbocycles. The average molecular weight is 372 g/mol. The highest BCUT2D eigenvalue weighted by molar-refractivity contribution is 5.78.